The van der Waals surface area contributed by atoms with E-state index in [-0.39, 0.29) is 0 Å². The number of carbonyl (C=O) groups is 1. The van der Waals surface area contributed by atoms with Crippen LogP contribution in [0.5, 0.6) is 17.2 Å². The van der Waals surface area contributed by atoms with Crippen LogP contribution in [-0.4, -0.2) is 43.1 Å². The number of amides is 1. The van der Waals surface area contributed by atoms with Gasteiger partial charge in [0.05, 0.1) is 32.7 Å². The zero-order chi connectivity index (χ0) is 22.1. The molecule has 3 aromatic rings. The molecular weight excluding hydrogens is 396 g/mol. The number of hydrogen-bond acceptors (Lipinski definition) is 6. The molecule has 0 saturated heterocycles. The molecule has 8 heteroatoms. The Morgan fingerprint density at radius 3 is 2.68 bits per heavy atom. The maximum atomic E-state index is 12.4. The Balaban J connectivity index is 1.67. The molecule has 0 unspecified atom stereocenters. The van der Waals surface area contributed by atoms with E-state index in [0.29, 0.717) is 29.5 Å². The van der Waals surface area contributed by atoms with E-state index in [1.807, 2.05) is 24.3 Å². The fourth-order valence-electron chi connectivity index (χ4n) is 2.87. The number of unbranched alkanes of at least 4 members (excludes halogenated alkanes) is 1. The molecule has 3 rings (SSSR count). The second-order valence-electron chi connectivity index (χ2n) is 6.68. The zero-order valence-corrected chi connectivity index (χ0v) is 17.8. The van der Waals surface area contributed by atoms with Gasteiger partial charge in [0, 0.05) is 5.56 Å². The zero-order valence-electron chi connectivity index (χ0n) is 17.8. The Morgan fingerprint density at radius 1 is 1.10 bits per heavy atom. The van der Waals surface area contributed by atoms with Crippen LogP contribution < -0.4 is 19.6 Å². The second-order valence-corrected chi connectivity index (χ2v) is 6.68. The van der Waals surface area contributed by atoms with Crippen molar-refractivity contribution in [2.45, 2.75) is 19.8 Å². The average molecular weight is 422 g/mol. The molecule has 1 heterocycles. The van der Waals surface area contributed by atoms with Crippen LogP contribution in [0.1, 0.15) is 35.8 Å². The highest BCUT2D eigenvalue weighted by Gasteiger charge is 2.13. The Labute approximate surface area is 181 Å². The van der Waals surface area contributed by atoms with Crippen LogP contribution >= 0.6 is 0 Å². The van der Waals surface area contributed by atoms with Gasteiger partial charge in [0.15, 0.2) is 11.5 Å². The Hall–Kier alpha value is -3.81. The van der Waals surface area contributed by atoms with E-state index in [4.69, 9.17) is 14.2 Å². The number of hydrogen-bond donors (Lipinski definition) is 2. The summed E-state index contributed by atoms with van der Waals surface area (Å²) in [6.07, 6.45) is 3.55. The summed E-state index contributed by atoms with van der Waals surface area (Å²) in [5.41, 5.74) is 4.98. The highest BCUT2D eigenvalue weighted by Crippen LogP contribution is 2.29. The van der Waals surface area contributed by atoms with Gasteiger partial charge in [-0.15, -0.1) is 0 Å². The number of H-pyrrole nitrogens is 1. The lowest BCUT2D eigenvalue weighted by Crippen LogP contribution is -2.18. The lowest BCUT2D eigenvalue weighted by Gasteiger charge is -2.09. The third-order valence-corrected chi connectivity index (χ3v) is 4.53. The van der Waals surface area contributed by atoms with Gasteiger partial charge in [0.2, 0.25) is 0 Å². The van der Waals surface area contributed by atoms with Crippen molar-refractivity contribution in [1.29, 1.82) is 0 Å². The summed E-state index contributed by atoms with van der Waals surface area (Å²) >= 11 is 0. The third kappa shape index (κ3) is 5.63. The van der Waals surface area contributed by atoms with Crippen molar-refractivity contribution in [2.75, 3.05) is 20.8 Å². The van der Waals surface area contributed by atoms with Gasteiger partial charge in [-0.2, -0.15) is 10.2 Å². The van der Waals surface area contributed by atoms with Crippen LogP contribution in [-0.2, 0) is 0 Å². The van der Waals surface area contributed by atoms with Crippen molar-refractivity contribution in [2.24, 2.45) is 5.10 Å². The van der Waals surface area contributed by atoms with Crippen molar-refractivity contribution in [3.8, 4) is 28.5 Å². The van der Waals surface area contributed by atoms with E-state index >= 15 is 0 Å². The van der Waals surface area contributed by atoms with Gasteiger partial charge in [-0.25, -0.2) is 5.43 Å². The lowest BCUT2D eigenvalue weighted by molar-refractivity contribution is 0.0950. The molecule has 0 fully saturated rings. The topological polar surface area (TPSA) is 97.8 Å². The molecule has 31 heavy (non-hydrogen) atoms. The number of nitrogens with zero attached hydrogens (tertiary/aromatic N) is 2. The van der Waals surface area contributed by atoms with Crippen LogP contribution in [0.3, 0.4) is 0 Å². The maximum Gasteiger partial charge on any atom is 0.289 e. The molecule has 8 nitrogen and oxygen atoms in total. The number of aromatic nitrogens is 2. The summed E-state index contributed by atoms with van der Waals surface area (Å²) in [5.74, 6) is 1.53. The van der Waals surface area contributed by atoms with Gasteiger partial charge < -0.3 is 14.2 Å². The van der Waals surface area contributed by atoms with Gasteiger partial charge in [-0.1, -0.05) is 25.5 Å². The van der Waals surface area contributed by atoms with Gasteiger partial charge >= 0.3 is 0 Å². The molecule has 0 bridgehead atoms. The Kier molecular flexibility index (Phi) is 7.64. The van der Waals surface area contributed by atoms with Gasteiger partial charge in [0.25, 0.3) is 5.91 Å². The highest BCUT2D eigenvalue weighted by atomic mass is 16.5. The molecule has 1 aromatic heterocycles. The highest BCUT2D eigenvalue weighted by molar-refractivity contribution is 5.94. The van der Waals surface area contributed by atoms with Crippen molar-refractivity contribution >= 4 is 12.1 Å². The third-order valence-electron chi connectivity index (χ3n) is 4.53. The summed E-state index contributed by atoms with van der Waals surface area (Å²) in [6.45, 7) is 2.75. The van der Waals surface area contributed by atoms with Gasteiger partial charge in [0.1, 0.15) is 11.4 Å². The molecule has 162 valence electrons. The van der Waals surface area contributed by atoms with Gasteiger partial charge in [-0.3, -0.25) is 9.89 Å². The van der Waals surface area contributed by atoms with E-state index in [1.165, 1.54) is 6.21 Å². The first-order valence-electron chi connectivity index (χ1n) is 9.99. The molecule has 0 saturated carbocycles. The van der Waals surface area contributed by atoms with E-state index in [2.05, 4.69) is 27.6 Å². The smallest absolute Gasteiger partial charge is 0.289 e. The second kappa shape index (κ2) is 10.8. The summed E-state index contributed by atoms with van der Waals surface area (Å²) in [5, 5.41) is 11.0. The maximum absolute atomic E-state index is 12.4. The first kappa shape index (κ1) is 21.9. The van der Waals surface area contributed by atoms with Crippen LogP contribution in [0.15, 0.2) is 53.6 Å². The number of nitrogens with one attached hydrogen (secondary N) is 2. The number of rotatable bonds is 10. The van der Waals surface area contributed by atoms with Gasteiger partial charge in [-0.05, 0) is 48.4 Å². The van der Waals surface area contributed by atoms with Crippen LogP contribution in [0.4, 0.5) is 0 Å². The summed E-state index contributed by atoms with van der Waals surface area (Å²) in [4.78, 5) is 12.4. The van der Waals surface area contributed by atoms with Crippen LogP contribution in [0, 0.1) is 0 Å². The quantitative estimate of drug-likeness (QED) is 0.292. The number of hydrazone groups is 1. The molecular formula is C23H26N4O4. The molecule has 2 N–H and O–H groups in total. The van der Waals surface area contributed by atoms with Crippen molar-refractivity contribution in [3.05, 3.63) is 59.8 Å². The van der Waals surface area contributed by atoms with E-state index in [1.54, 1.807) is 38.5 Å². The SMILES string of the molecule is CCCCOc1ccccc1-c1cc(C(=O)N/N=C/c2ccc(OC)c(OC)c2)[nH]n1. The minimum Gasteiger partial charge on any atom is -0.493 e. The standard InChI is InChI=1S/C23H26N4O4/c1-4-5-12-31-20-9-7-6-8-17(20)18-14-19(26-25-18)23(28)27-24-15-16-10-11-21(29-2)22(13-16)30-3/h6-11,13-15H,4-5,12H2,1-3H3,(H,25,26)(H,27,28)/b24-15+. The van der Waals surface area contributed by atoms with Crippen molar-refractivity contribution in [1.82, 2.24) is 15.6 Å². The first-order valence-corrected chi connectivity index (χ1v) is 9.99. The minimum atomic E-state index is -0.403. The van der Waals surface area contributed by atoms with Crippen molar-refractivity contribution in [3.63, 3.8) is 0 Å². The monoisotopic (exact) mass is 422 g/mol. The molecule has 0 spiro atoms. The predicted octanol–water partition coefficient (Wildman–Crippen LogP) is 4.04. The first-order chi connectivity index (χ1) is 15.2. The molecule has 0 atom stereocenters. The molecule has 1 amide bonds. The normalized spacial score (nSPS) is 10.8. The molecule has 0 aliphatic carbocycles. The van der Waals surface area contributed by atoms with Crippen LogP contribution in [0.2, 0.25) is 0 Å². The fourth-order valence-corrected chi connectivity index (χ4v) is 2.87. The van der Waals surface area contributed by atoms with E-state index < -0.39 is 5.91 Å². The number of para-hydroxylation sites is 1. The Bertz CT molecular complexity index is 1050. The summed E-state index contributed by atoms with van der Waals surface area (Å²) < 4.78 is 16.3. The predicted molar refractivity (Wildman–Crippen MR) is 119 cm³/mol. The number of aromatic amines is 1. The Morgan fingerprint density at radius 2 is 1.90 bits per heavy atom. The van der Waals surface area contributed by atoms with Crippen molar-refractivity contribution < 1.29 is 19.0 Å². The molecule has 0 aliphatic heterocycles. The largest absolute Gasteiger partial charge is 0.493 e. The lowest BCUT2D eigenvalue weighted by atomic mass is 10.1. The van der Waals surface area contributed by atoms with Crippen LogP contribution in [0.25, 0.3) is 11.3 Å². The number of methoxy groups -OCH3 is 2. The van der Waals surface area contributed by atoms with E-state index in [0.717, 1.165) is 29.7 Å². The average Bonchev–Trinajstić information content (AvgIpc) is 3.29. The summed E-state index contributed by atoms with van der Waals surface area (Å²) in [6, 6.07) is 14.6. The number of ether oxygens (including phenoxy) is 3. The van der Waals surface area contributed by atoms with E-state index in [9.17, 15) is 4.79 Å². The molecule has 0 aliphatic rings. The number of carbonyl (C=O) groups excluding carboxylic acids is 1. The number of benzene rings is 2. The molecule has 2 aromatic carbocycles. The summed E-state index contributed by atoms with van der Waals surface area (Å²) in [7, 11) is 3.13. The minimum absolute atomic E-state index is 0.294. The molecule has 0 radical (unpaired) electrons. The fraction of sp³-hybridized carbons (Fsp3) is 0.261.